The number of nitriles is 1. The summed E-state index contributed by atoms with van der Waals surface area (Å²) in [5, 5.41) is 10.6. The van der Waals surface area contributed by atoms with Crippen LogP contribution in [0.1, 0.15) is 11.3 Å². The lowest BCUT2D eigenvalue weighted by Gasteiger charge is -2.05. The van der Waals surface area contributed by atoms with E-state index in [2.05, 4.69) is 16.0 Å². The molecule has 0 unspecified atom stereocenters. The Bertz CT molecular complexity index is 812. The first-order valence-electron chi connectivity index (χ1n) is 5.84. The molecule has 0 saturated carbocycles. The van der Waals surface area contributed by atoms with Crippen molar-refractivity contribution < 1.29 is 0 Å². The molecule has 19 heavy (non-hydrogen) atoms. The number of hydrogen-bond donors (Lipinski definition) is 1. The Labute approximate surface area is 115 Å². The number of aromatic nitrogens is 2. The molecule has 3 aromatic rings. The molecule has 0 atom stereocenters. The monoisotopic (exact) mass is 267 g/mol. The summed E-state index contributed by atoms with van der Waals surface area (Å²) in [7, 11) is 0. The molecular weight excluding hydrogens is 258 g/mol. The van der Waals surface area contributed by atoms with Gasteiger partial charge in [-0.05, 0) is 19.1 Å². The van der Waals surface area contributed by atoms with Crippen LogP contribution in [0.25, 0.3) is 22.0 Å². The molecule has 0 aliphatic rings. The van der Waals surface area contributed by atoms with Gasteiger partial charge in [0, 0.05) is 33.9 Å². The average Bonchev–Trinajstić information content (AvgIpc) is 2.74. The van der Waals surface area contributed by atoms with E-state index >= 15 is 0 Å². The minimum Gasteiger partial charge on any atom is -0.358 e. The molecule has 92 valence electrons. The van der Waals surface area contributed by atoms with Gasteiger partial charge in [-0.25, -0.2) is 4.98 Å². The second-order valence-corrected chi connectivity index (χ2v) is 4.66. The van der Waals surface area contributed by atoms with E-state index in [9.17, 15) is 5.26 Å². The summed E-state index contributed by atoms with van der Waals surface area (Å²) in [6.07, 6.45) is 1.62. The lowest BCUT2D eigenvalue weighted by atomic mass is 9.99. The zero-order chi connectivity index (χ0) is 13.4. The number of hydrogen-bond acceptors (Lipinski definition) is 2. The van der Waals surface area contributed by atoms with E-state index in [0.717, 1.165) is 27.7 Å². The van der Waals surface area contributed by atoms with E-state index in [1.807, 2.05) is 37.3 Å². The zero-order valence-electron chi connectivity index (χ0n) is 10.2. The summed E-state index contributed by atoms with van der Waals surface area (Å²) in [4.78, 5) is 7.29. The number of pyridine rings is 1. The number of aromatic amines is 1. The fourth-order valence-electron chi connectivity index (χ4n) is 2.37. The number of nitrogens with one attached hydrogen (secondary N) is 1. The lowest BCUT2D eigenvalue weighted by Crippen LogP contribution is -1.89. The van der Waals surface area contributed by atoms with Crippen molar-refractivity contribution in [2.24, 2.45) is 0 Å². The highest BCUT2D eigenvalue weighted by molar-refractivity contribution is 6.31. The van der Waals surface area contributed by atoms with Crippen LogP contribution in [0.3, 0.4) is 0 Å². The highest BCUT2D eigenvalue weighted by Crippen LogP contribution is 2.35. The average molecular weight is 268 g/mol. The largest absolute Gasteiger partial charge is 0.358 e. The molecule has 0 aliphatic carbocycles. The maximum Gasteiger partial charge on any atom is 0.147 e. The van der Waals surface area contributed by atoms with Gasteiger partial charge in [0.2, 0.25) is 0 Å². The number of fused-ring (bicyclic) bond motifs is 1. The molecule has 0 fully saturated rings. The number of rotatable bonds is 1. The van der Waals surface area contributed by atoms with Crippen LogP contribution in [0.2, 0.25) is 5.15 Å². The zero-order valence-corrected chi connectivity index (χ0v) is 11.0. The number of para-hydroxylation sites is 1. The van der Waals surface area contributed by atoms with Gasteiger partial charge in [0.25, 0.3) is 0 Å². The molecular formula is C15H10ClN3. The fourth-order valence-corrected chi connectivity index (χ4v) is 2.58. The molecule has 4 heteroatoms. The van der Waals surface area contributed by atoms with Crippen molar-refractivity contribution in [2.45, 2.75) is 6.92 Å². The van der Waals surface area contributed by atoms with Gasteiger partial charge in [-0.2, -0.15) is 5.26 Å². The molecule has 0 bridgehead atoms. The summed E-state index contributed by atoms with van der Waals surface area (Å²) < 4.78 is 0. The van der Waals surface area contributed by atoms with Gasteiger partial charge in [0.05, 0.1) is 5.56 Å². The van der Waals surface area contributed by atoms with Crippen LogP contribution < -0.4 is 0 Å². The van der Waals surface area contributed by atoms with Crippen LogP contribution >= 0.6 is 11.6 Å². The fraction of sp³-hybridized carbons (Fsp3) is 0.0667. The third-order valence-electron chi connectivity index (χ3n) is 3.18. The Hall–Kier alpha value is -2.31. The summed E-state index contributed by atoms with van der Waals surface area (Å²) >= 11 is 6.01. The van der Waals surface area contributed by atoms with Crippen molar-refractivity contribution in [1.29, 1.82) is 5.26 Å². The summed E-state index contributed by atoms with van der Waals surface area (Å²) in [5.74, 6) is 0. The quantitative estimate of drug-likeness (QED) is 0.676. The summed E-state index contributed by atoms with van der Waals surface area (Å²) in [5.41, 5.74) is 4.30. The number of halogens is 1. The maximum atomic E-state index is 9.28. The highest BCUT2D eigenvalue weighted by atomic mass is 35.5. The van der Waals surface area contributed by atoms with Crippen LogP contribution in [-0.4, -0.2) is 9.97 Å². The van der Waals surface area contributed by atoms with Crippen LogP contribution in [0.4, 0.5) is 0 Å². The molecule has 3 nitrogen and oxygen atoms in total. The van der Waals surface area contributed by atoms with Gasteiger partial charge in [-0.3, -0.25) is 0 Å². The lowest BCUT2D eigenvalue weighted by molar-refractivity contribution is 1.28. The van der Waals surface area contributed by atoms with Crippen molar-refractivity contribution in [2.75, 3.05) is 0 Å². The minimum absolute atomic E-state index is 0.240. The van der Waals surface area contributed by atoms with Crippen molar-refractivity contribution >= 4 is 22.5 Å². The predicted octanol–water partition coefficient (Wildman–Crippen LogP) is 4.06. The molecule has 0 spiro atoms. The van der Waals surface area contributed by atoms with Crippen LogP contribution in [0.5, 0.6) is 0 Å². The third-order valence-corrected chi connectivity index (χ3v) is 3.47. The van der Waals surface area contributed by atoms with Crippen molar-refractivity contribution in [3.05, 3.63) is 52.9 Å². The molecule has 2 aromatic heterocycles. The van der Waals surface area contributed by atoms with Crippen LogP contribution in [0, 0.1) is 18.3 Å². The standard InChI is InChI=1S/C15H10ClN3/c1-9-14(11-4-2-3-5-13(11)19-9)10-6-7-18-15(16)12(10)8-17/h2-7,19H,1H3. The van der Waals surface area contributed by atoms with Crippen molar-refractivity contribution in [1.82, 2.24) is 9.97 Å². The van der Waals surface area contributed by atoms with Crippen LogP contribution in [0.15, 0.2) is 36.5 Å². The molecule has 0 aliphatic heterocycles. The van der Waals surface area contributed by atoms with E-state index in [0.29, 0.717) is 5.56 Å². The number of aryl methyl sites for hydroxylation is 1. The van der Waals surface area contributed by atoms with Crippen molar-refractivity contribution in [3.63, 3.8) is 0 Å². The topological polar surface area (TPSA) is 52.5 Å². The molecule has 2 heterocycles. The van der Waals surface area contributed by atoms with Gasteiger partial charge < -0.3 is 4.98 Å². The van der Waals surface area contributed by atoms with Gasteiger partial charge in [-0.15, -0.1) is 0 Å². The van der Waals surface area contributed by atoms with Crippen LogP contribution in [-0.2, 0) is 0 Å². The predicted molar refractivity (Wildman–Crippen MR) is 76.0 cm³/mol. The van der Waals surface area contributed by atoms with Gasteiger partial charge in [0.15, 0.2) is 0 Å². The Morgan fingerprint density at radius 1 is 1.26 bits per heavy atom. The Morgan fingerprint density at radius 3 is 2.84 bits per heavy atom. The first kappa shape index (κ1) is 11.8. The van der Waals surface area contributed by atoms with E-state index in [1.165, 1.54) is 0 Å². The van der Waals surface area contributed by atoms with E-state index in [4.69, 9.17) is 11.6 Å². The molecule has 3 rings (SSSR count). The normalized spacial score (nSPS) is 10.6. The molecule has 1 aromatic carbocycles. The Kier molecular flexibility index (Phi) is 2.73. The first-order chi connectivity index (χ1) is 9.22. The van der Waals surface area contributed by atoms with Gasteiger partial charge in [-0.1, -0.05) is 29.8 Å². The Balaban J connectivity index is 2.41. The molecule has 0 radical (unpaired) electrons. The van der Waals surface area contributed by atoms with Gasteiger partial charge >= 0.3 is 0 Å². The number of benzene rings is 1. The second-order valence-electron chi connectivity index (χ2n) is 4.31. The van der Waals surface area contributed by atoms with Crippen molar-refractivity contribution in [3.8, 4) is 17.2 Å². The second kappa shape index (κ2) is 4.42. The number of nitrogens with zero attached hydrogens (tertiary/aromatic N) is 2. The number of H-pyrrole nitrogens is 1. The first-order valence-corrected chi connectivity index (χ1v) is 6.22. The maximum absolute atomic E-state index is 9.28. The molecule has 0 saturated heterocycles. The third kappa shape index (κ3) is 1.78. The molecule has 0 amide bonds. The SMILES string of the molecule is Cc1[nH]c2ccccc2c1-c1ccnc(Cl)c1C#N. The van der Waals surface area contributed by atoms with E-state index < -0.39 is 0 Å². The van der Waals surface area contributed by atoms with E-state index in [1.54, 1.807) is 6.20 Å². The highest BCUT2D eigenvalue weighted by Gasteiger charge is 2.15. The molecule has 1 N–H and O–H groups in total. The summed E-state index contributed by atoms with van der Waals surface area (Å²) in [6.45, 7) is 1.99. The van der Waals surface area contributed by atoms with E-state index in [-0.39, 0.29) is 5.15 Å². The Morgan fingerprint density at radius 2 is 2.05 bits per heavy atom. The van der Waals surface area contributed by atoms with Gasteiger partial charge in [0.1, 0.15) is 11.2 Å². The minimum atomic E-state index is 0.240. The summed E-state index contributed by atoms with van der Waals surface area (Å²) in [6, 6.07) is 12.0. The smallest absolute Gasteiger partial charge is 0.147 e.